The molecule has 3 aromatic rings. The Hall–Kier alpha value is -3.26. The van der Waals surface area contributed by atoms with Gasteiger partial charge >= 0.3 is 12.1 Å². The van der Waals surface area contributed by atoms with Gasteiger partial charge in [0.25, 0.3) is 0 Å². The zero-order chi connectivity index (χ0) is 22.6. The molecule has 0 aromatic heterocycles. The summed E-state index contributed by atoms with van der Waals surface area (Å²) in [6, 6.07) is 26.4. The first-order chi connectivity index (χ1) is 15.4. The highest BCUT2D eigenvalue weighted by molar-refractivity contribution is 8.00. The van der Waals surface area contributed by atoms with E-state index < -0.39 is 24.2 Å². The van der Waals surface area contributed by atoms with Gasteiger partial charge in [0, 0.05) is 4.90 Å². The molecule has 4 rings (SSSR count). The second-order valence-corrected chi connectivity index (χ2v) is 8.11. The van der Waals surface area contributed by atoms with Crippen LogP contribution in [0.5, 0.6) is 0 Å². The third-order valence-electron chi connectivity index (χ3n) is 4.90. The second kappa shape index (κ2) is 9.48. The minimum absolute atomic E-state index is 0.238. The van der Waals surface area contributed by atoms with Crippen molar-refractivity contribution in [3.8, 4) is 0 Å². The number of thioether (sulfide) groups is 1. The van der Waals surface area contributed by atoms with Crippen LogP contribution in [0.25, 0.3) is 0 Å². The molecule has 0 radical (unpaired) electrons. The number of nitrogens with zero attached hydrogens (tertiary/aromatic N) is 2. The SMILES string of the molecule is O=C(ON1C(CSc2ccccc2)=NC(c2ccccc2)C1c1ccccc1)C(F)(F)F. The van der Waals surface area contributed by atoms with E-state index in [1.54, 1.807) is 24.3 Å². The van der Waals surface area contributed by atoms with Crippen LogP contribution in [0.4, 0.5) is 13.2 Å². The Morgan fingerprint density at radius 1 is 0.875 bits per heavy atom. The molecule has 3 aromatic carbocycles. The second-order valence-electron chi connectivity index (χ2n) is 7.06. The Labute approximate surface area is 187 Å². The Bertz CT molecular complexity index is 1080. The van der Waals surface area contributed by atoms with E-state index in [0.29, 0.717) is 5.56 Å². The molecule has 1 aliphatic rings. The third-order valence-corrected chi connectivity index (χ3v) is 5.91. The Kier molecular flexibility index (Phi) is 6.50. The molecule has 0 saturated carbocycles. The average Bonchev–Trinajstić information content (AvgIpc) is 3.17. The highest BCUT2D eigenvalue weighted by Crippen LogP contribution is 2.43. The van der Waals surface area contributed by atoms with Crippen LogP contribution in [0, 0.1) is 0 Å². The van der Waals surface area contributed by atoms with E-state index >= 15 is 0 Å². The largest absolute Gasteiger partial charge is 0.493 e. The Morgan fingerprint density at radius 3 is 1.97 bits per heavy atom. The first-order valence-corrected chi connectivity index (χ1v) is 10.8. The highest BCUT2D eigenvalue weighted by atomic mass is 32.2. The summed E-state index contributed by atoms with van der Waals surface area (Å²) in [5.74, 6) is -1.77. The summed E-state index contributed by atoms with van der Waals surface area (Å²) in [7, 11) is 0. The first kappa shape index (κ1) is 22.0. The lowest BCUT2D eigenvalue weighted by Gasteiger charge is -2.29. The van der Waals surface area contributed by atoms with Crippen LogP contribution in [0.15, 0.2) is 101 Å². The average molecular weight is 456 g/mol. The van der Waals surface area contributed by atoms with E-state index in [1.165, 1.54) is 11.8 Å². The van der Waals surface area contributed by atoms with E-state index in [1.807, 2.05) is 66.7 Å². The van der Waals surface area contributed by atoms with Crippen molar-refractivity contribution in [2.24, 2.45) is 4.99 Å². The predicted octanol–water partition coefficient (Wildman–Crippen LogP) is 6.00. The molecule has 2 atom stereocenters. The van der Waals surface area contributed by atoms with Crippen molar-refractivity contribution in [3.63, 3.8) is 0 Å². The lowest BCUT2D eigenvalue weighted by molar-refractivity contribution is -0.230. The molecule has 2 unspecified atom stereocenters. The van der Waals surface area contributed by atoms with Gasteiger partial charge < -0.3 is 4.84 Å². The van der Waals surface area contributed by atoms with Crippen LogP contribution in [0.3, 0.4) is 0 Å². The quantitative estimate of drug-likeness (QED) is 0.427. The van der Waals surface area contributed by atoms with Gasteiger partial charge in [-0.1, -0.05) is 78.9 Å². The number of halogens is 3. The lowest BCUT2D eigenvalue weighted by atomic mass is 9.95. The van der Waals surface area contributed by atoms with Crippen LogP contribution in [-0.2, 0) is 9.63 Å². The number of benzene rings is 3. The maximum Gasteiger partial charge on any atom is 0.493 e. The number of carbonyl (C=O) groups excluding carboxylic acids is 1. The molecular weight excluding hydrogens is 437 g/mol. The molecule has 32 heavy (non-hydrogen) atoms. The van der Waals surface area contributed by atoms with Gasteiger partial charge in [0.05, 0.1) is 5.75 Å². The van der Waals surface area contributed by atoms with Gasteiger partial charge in [0.2, 0.25) is 0 Å². The maximum absolute atomic E-state index is 13.1. The molecule has 0 fully saturated rings. The predicted molar refractivity (Wildman–Crippen MR) is 117 cm³/mol. The Balaban J connectivity index is 1.72. The van der Waals surface area contributed by atoms with Gasteiger partial charge in [-0.2, -0.15) is 18.2 Å². The number of hydrogen-bond acceptors (Lipinski definition) is 5. The summed E-state index contributed by atoms with van der Waals surface area (Å²) in [6.45, 7) is 0. The van der Waals surface area contributed by atoms with Gasteiger partial charge in [0.1, 0.15) is 17.9 Å². The van der Waals surface area contributed by atoms with Crippen molar-refractivity contribution >= 4 is 23.6 Å². The number of aliphatic imine (C=N–C) groups is 1. The molecule has 1 aliphatic heterocycles. The van der Waals surface area contributed by atoms with Crippen molar-refractivity contribution in [3.05, 3.63) is 102 Å². The first-order valence-electron chi connectivity index (χ1n) is 9.86. The van der Waals surface area contributed by atoms with Crippen molar-refractivity contribution in [1.82, 2.24) is 5.06 Å². The van der Waals surface area contributed by atoms with Crippen molar-refractivity contribution in [2.45, 2.75) is 23.2 Å². The highest BCUT2D eigenvalue weighted by Gasteiger charge is 2.47. The molecule has 164 valence electrons. The molecule has 0 N–H and O–H groups in total. The van der Waals surface area contributed by atoms with E-state index in [4.69, 9.17) is 9.83 Å². The number of amidine groups is 1. The van der Waals surface area contributed by atoms with Crippen LogP contribution in [-0.4, -0.2) is 28.8 Å². The summed E-state index contributed by atoms with van der Waals surface area (Å²) in [4.78, 5) is 22.4. The summed E-state index contributed by atoms with van der Waals surface area (Å²) in [6.07, 6.45) is -5.12. The maximum atomic E-state index is 13.1. The summed E-state index contributed by atoms with van der Waals surface area (Å²) in [5.41, 5.74) is 1.51. The normalized spacial score (nSPS) is 18.3. The number of carbonyl (C=O) groups is 1. The van der Waals surface area contributed by atoms with Crippen LogP contribution in [0.1, 0.15) is 23.2 Å². The van der Waals surface area contributed by atoms with E-state index in [0.717, 1.165) is 15.5 Å². The number of rotatable bonds is 6. The summed E-state index contributed by atoms with van der Waals surface area (Å²) < 4.78 is 39.3. The summed E-state index contributed by atoms with van der Waals surface area (Å²) in [5, 5.41) is 1.03. The van der Waals surface area contributed by atoms with Crippen LogP contribution >= 0.6 is 11.8 Å². The van der Waals surface area contributed by atoms with Gasteiger partial charge in [0.15, 0.2) is 0 Å². The molecule has 4 nitrogen and oxygen atoms in total. The van der Waals surface area contributed by atoms with Gasteiger partial charge in [-0.25, -0.2) is 4.79 Å². The lowest BCUT2D eigenvalue weighted by Crippen LogP contribution is -2.39. The van der Waals surface area contributed by atoms with Crippen molar-refractivity contribution in [1.29, 1.82) is 0 Å². The van der Waals surface area contributed by atoms with Gasteiger partial charge in [-0.3, -0.25) is 4.99 Å². The molecular formula is C24H19F3N2O2S. The minimum atomic E-state index is -5.12. The molecule has 0 spiro atoms. The van der Waals surface area contributed by atoms with Gasteiger partial charge in [-0.15, -0.1) is 11.8 Å². The Morgan fingerprint density at radius 2 is 1.41 bits per heavy atom. The standard InChI is InChI=1S/C24H19F3N2O2S/c25-24(26,27)23(30)31-29-20(16-32-19-14-8-3-9-15-19)28-21(17-10-4-1-5-11-17)22(29)18-12-6-2-7-13-18/h1-15,21-22H,16H2. The fraction of sp³-hybridized carbons (Fsp3) is 0.167. The smallest absolute Gasteiger partial charge is 0.330 e. The van der Waals surface area contributed by atoms with E-state index in [2.05, 4.69) is 0 Å². The number of alkyl halides is 3. The van der Waals surface area contributed by atoms with E-state index in [9.17, 15) is 18.0 Å². The molecule has 0 aliphatic carbocycles. The third kappa shape index (κ3) is 4.96. The van der Waals surface area contributed by atoms with Crippen molar-refractivity contribution in [2.75, 3.05) is 5.75 Å². The molecule has 8 heteroatoms. The van der Waals surface area contributed by atoms with Crippen LogP contribution < -0.4 is 0 Å². The molecule has 0 saturated heterocycles. The monoisotopic (exact) mass is 456 g/mol. The molecule has 1 heterocycles. The fourth-order valence-electron chi connectivity index (χ4n) is 3.47. The zero-order valence-electron chi connectivity index (χ0n) is 16.8. The topological polar surface area (TPSA) is 41.9 Å². The van der Waals surface area contributed by atoms with E-state index in [-0.39, 0.29) is 11.6 Å². The molecule has 0 bridgehead atoms. The number of hydroxylamine groups is 2. The summed E-state index contributed by atoms with van der Waals surface area (Å²) >= 11 is 1.41. The minimum Gasteiger partial charge on any atom is -0.330 e. The number of hydrogen-bond donors (Lipinski definition) is 0. The molecule has 0 amide bonds. The van der Waals surface area contributed by atoms with Crippen molar-refractivity contribution < 1.29 is 22.8 Å². The van der Waals surface area contributed by atoms with Crippen LogP contribution in [0.2, 0.25) is 0 Å². The van der Waals surface area contributed by atoms with Gasteiger partial charge in [-0.05, 0) is 23.3 Å². The fourth-order valence-corrected chi connectivity index (χ4v) is 4.31. The zero-order valence-corrected chi connectivity index (χ0v) is 17.6.